The smallest absolute Gasteiger partial charge is 0.0274 e. The first-order chi connectivity index (χ1) is 4.81. The molecule has 0 aromatic rings. The Bertz CT molecular complexity index is 127. The Morgan fingerprint density at radius 2 is 2.00 bits per heavy atom. The minimum atomic E-state index is 0.740. The molecule has 0 aromatic carbocycles. The van der Waals surface area contributed by atoms with Gasteiger partial charge in [-0.2, -0.15) is 0 Å². The molecule has 0 N–H and O–H groups in total. The van der Waals surface area contributed by atoms with Crippen LogP contribution < -0.4 is 0 Å². The second kappa shape index (κ2) is 2.63. The fourth-order valence-corrected chi connectivity index (χ4v) is 5.73. The van der Waals surface area contributed by atoms with Crippen LogP contribution >= 0.6 is 21.6 Å². The van der Waals surface area contributed by atoms with E-state index in [-0.39, 0.29) is 0 Å². The van der Waals surface area contributed by atoms with Crippen molar-refractivity contribution >= 4 is 21.6 Å². The predicted octanol–water partition coefficient (Wildman–Crippen LogP) is 3.47. The van der Waals surface area contributed by atoms with Crippen LogP contribution in [0.4, 0.5) is 0 Å². The third-order valence-electron chi connectivity index (χ3n) is 2.56. The summed E-state index contributed by atoms with van der Waals surface area (Å²) in [6.07, 6.45) is 7.44. The minimum absolute atomic E-state index is 0.740. The van der Waals surface area contributed by atoms with Crippen LogP contribution in [0, 0.1) is 0 Å². The van der Waals surface area contributed by atoms with E-state index in [4.69, 9.17) is 0 Å². The summed E-state index contributed by atoms with van der Waals surface area (Å²) < 4.78 is 0.740. The summed E-state index contributed by atoms with van der Waals surface area (Å²) in [6, 6.07) is 0. The van der Waals surface area contributed by atoms with E-state index in [0.717, 1.165) is 10.00 Å². The maximum atomic E-state index is 2.37. The van der Waals surface area contributed by atoms with Gasteiger partial charge < -0.3 is 0 Å². The van der Waals surface area contributed by atoms with Crippen LogP contribution in [0.5, 0.6) is 0 Å². The highest BCUT2D eigenvalue weighted by Gasteiger charge is 2.41. The highest BCUT2D eigenvalue weighted by Crippen LogP contribution is 2.58. The van der Waals surface area contributed by atoms with E-state index in [9.17, 15) is 0 Å². The van der Waals surface area contributed by atoms with E-state index in [1.807, 2.05) is 0 Å². The number of rotatable bonds is 0. The van der Waals surface area contributed by atoms with Crippen molar-refractivity contribution in [2.24, 2.45) is 0 Å². The molecule has 0 unspecified atom stereocenters. The van der Waals surface area contributed by atoms with Gasteiger partial charge in [-0.05, 0) is 19.3 Å². The summed E-state index contributed by atoms with van der Waals surface area (Å²) in [4.78, 5) is 0. The van der Waals surface area contributed by atoms with Crippen molar-refractivity contribution in [1.82, 2.24) is 0 Å². The standard InChI is InChI=1S/C8H14S2/c1-7-6-8(10-9-7)4-2-3-5-8/h7H,2-6H2,1H3/t7-/m1/s1. The van der Waals surface area contributed by atoms with Crippen LogP contribution in [0.2, 0.25) is 0 Å². The zero-order chi connectivity index (χ0) is 7.03. The lowest BCUT2D eigenvalue weighted by Gasteiger charge is -2.19. The van der Waals surface area contributed by atoms with Crippen LogP contribution in [0.25, 0.3) is 0 Å². The molecule has 1 saturated carbocycles. The van der Waals surface area contributed by atoms with E-state index in [0.29, 0.717) is 0 Å². The number of hydrogen-bond donors (Lipinski definition) is 0. The van der Waals surface area contributed by atoms with Crippen LogP contribution in [-0.2, 0) is 0 Å². The van der Waals surface area contributed by atoms with Gasteiger partial charge in [0.15, 0.2) is 0 Å². The summed E-state index contributed by atoms with van der Waals surface area (Å²) in [6.45, 7) is 2.37. The van der Waals surface area contributed by atoms with Crippen molar-refractivity contribution in [2.45, 2.75) is 49.0 Å². The molecule has 2 heteroatoms. The van der Waals surface area contributed by atoms with Gasteiger partial charge >= 0.3 is 0 Å². The fraction of sp³-hybridized carbons (Fsp3) is 1.00. The van der Waals surface area contributed by atoms with Gasteiger partial charge in [0.05, 0.1) is 0 Å². The monoisotopic (exact) mass is 174 g/mol. The summed E-state index contributed by atoms with van der Waals surface area (Å²) in [7, 11) is 4.29. The van der Waals surface area contributed by atoms with Crippen molar-refractivity contribution in [3.8, 4) is 0 Å². The third-order valence-corrected chi connectivity index (χ3v) is 6.42. The SMILES string of the molecule is C[C@@H]1CC2(CCCC2)SS1. The van der Waals surface area contributed by atoms with Gasteiger partial charge in [0, 0.05) is 10.00 Å². The Morgan fingerprint density at radius 1 is 1.30 bits per heavy atom. The molecule has 1 atom stereocenters. The van der Waals surface area contributed by atoms with Crippen LogP contribution in [0.15, 0.2) is 0 Å². The number of hydrogen-bond acceptors (Lipinski definition) is 2. The normalized spacial score (nSPS) is 37.5. The predicted molar refractivity (Wildman–Crippen MR) is 50.5 cm³/mol. The Morgan fingerprint density at radius 3 is 2.50 bits per heavy atom. The lowest BCUT2D eigenvalue weighted by molar-refractivity contribution is 0.568. The summed E-state index contributed by atoms with van der Waals surface area (Å²) in [5.41, 5.74) is 0. The van der Waals surface area contributed by atoms with Gasteiger partial charge in [-0.3, -0.25) is 0 Å². The third kappa shape index (κ3) is 1.20. The molecular weight excluding hydrogens is 160 g/mol. The Kier molecular flexibility index (Phi) is 1.94. The fourth-order valence-electron chi connectivity index (χ4n) is 2.08. The van der Waals surface area contributed by atoms with Crippen LogP contribution in [0.3, 0.4) is 0 Å². The second-order valence-electron chi connectivity index (χ2n) is 3.58. The van der Waals surface area contributed by atoms with Crippen molar-refractivity contribution in [3.05, 3.63) is 0 Å². The van der Waals surface area contributed by atoms with E-state index >= 15 is 0 Å². The first kappa shape index (κ1) is 7.35. The van der Waals surface area contributed by atoms with Gasteiger partial charge in [-0.1, -0.05) is 41.4 Å². The summed E-state index contributed by atoms with van der Waals surface area (Å²) in [5.74, 6) is 0. The van der Waals surface area contributed by atoms with Crippen LogP contribution in [-0.4, -0.2) is 10.00 Å². The van der Waals surface area contributed by atoms with E-state index < -0.39 is 0 Å². The molecule has 2 aliphatic rings. The van der Waals surface area contributed by atoms with Crippen molar-refractivity contribution in [2.75, 3.05) is 0 Å². The van der Waals surface area contributed by atoms with Gasteiger partial charge in [0.25, 0.3) is 0 Å². The average molecular weight is 174 g/mol. The van der Waals surface area contributed by atoms with E-state index in [2.05, 4.69) is 28.5 Å². The van der Waals surface area contributed by atoms with Gasteiger partial charge in [0.2, 0.25) is 0 Å². The van der Waals surface area contributed by atoms with E-state index in [1.54, 1.807) is 0 Å². The lowest BCUT2D eigenvalue weighted by atomic mass is 10.0. The first-order valence-corrected chi connectivity index (χ1v) is 6.37. The molecule has 1 spiro atoms. The highest BCUT2D eigenvalue weighted by molar-refractivity contribution is 8.77. The molecule has 0 radical (unpaired) electrons. The average Bonchev–Trinajstić information content (AvgIpc) is 2.46. The minimum Gasteiger partial charge on any atom is -0.0904 e. The maximum Gasteiger partial charge on any atom is 0.0274 e. The Labute approximate surface area is 70.9 Å². The zero-order valence-corrected chi connectivity index (χ0v) is 8.06. The highest BCUT2D eigenvalue weighted by atomic mass is 33.1. The summed E-state index contributed by atoms with van der Waals surface area (Å²) >= 11 is 0. The molecule has 0 amide bonds. The quantitative estimate of drug-likeness (QED) is 0.516. The van der Waals surface area contributed by atoms with Crippen molar-refractivity contribution in [3.63, 3.8) is 0 Å². The molecule has 0 aromatic heterocycles. The molecule has 10 heavy (non-hydrogen) atoms. The molecular formula is C8H14S2. The Balaban J connectivity index is 2.03. The van der Waals surface area contributed by atoms with Gasteiger partial charge in [-0.25, -0.2) is 0 Å². The molecule has 1 aliphatic carbocycles. The molecule has 0 bridgehead atoms. The van der Waals surface area contributed by atoms with Crippen molar-refractivity contribution < 1.29 is 0 Å². The molecule has 1 saturated heterocycles. The zero-order valence-electron chi connectivity index (χ0n) is 6.43. The van der Waals surface area contributed by atoms with Gasteiger partial charge in [0.1, 0.15) is 0 Å². The molecule has 1 heterocycles. The maximum absolute atomic E-state index is 2.37. The molecule has 2 fully saturated rings. The summed E-state index contributed by atoms with van der Waals surface area (Å²) in [5, 5.41) is 0.920. The van der Waals surface area contributed by atoms with Crippen molar-refractivity contribution in [1.29, 1.82) is 0 Å². The largest absolute Gasteiger partial charge is 0.0904 e. The second-order valence-corrected chi connectivity index (χ2v) is 6.69. The molecule has 58 valence electrons. The van der Waals surface area contributed by atoms with Gasteiger partial charge in [-0.15, -0.1) is 0 Å². The van der Waals surface area contributed by atoms with E-state index in [1.165, 1.54) is 32.1 Å². The molecule has 2 rings (SSSR count). The Hall–Kier alpha value is 0.700. The molecule has 0 nitrogen and oxygen atoms in total. The van der Waals surface area contributed by atoms with Crippen LogP contribution in [0.1, 0.15) is 39.0 Å². The molecule has 1 aliphatic heterocycles. The first-order valence-electron chi connectivity index (χ1n) is 4.15. The topological polar surface area (TPSA) is 0 Å². The lowest BCUT2D eigenvalue weighted by Crippen LogP contribution is -2.16.